The lowest BCUT2D eigenvalue weighted by Gasteiger charge is -2.35. The van der Waals surface area contributed by atoms with Crippen molar-refractivity contribution in [2.75, 3.05) is 33.2 Å². The average Bonchev–Trinajstić information content (AvgIpc) is 3.11. The van der Waals surface area contributed by atoms with Gasteiger partial charge in [-0.1, -0.05) is 0 Å². The van der Waals surface area contributed by atoms with Gasteiger partial charge in [0, 0.05) is 19.1 Å². The Morgan fingerprint density at radius 2 is 1.95 bits per heavy atom. The minimum atomic E-state index is -0.0641. The summed E-state index contributed by atoms with van der Waals surface area (Å²) < 4.78 is 1.83. The maximum Gasteiger partial charge on any atom is 0.328 e. The largest absolute Gasteiger partial charge is 0.328 e. The Hall–Kier alpha value is -1.73. The number of rotatable bonds is 2. The van der Waals surface area contributed by atoms with Gasteiger partial charge in [0.25, 0.3) is 0 Å². The van der Waals surface area contributed by atoms with Gasteiger partial charge in [-0.2, -0.15) is 0 Å². The van der Waals surface area contributed by atoms with Crippen LogP contribution in [0.2, 0.25) is 0 Å². The molecule has 0 amide bonds. The normalized spacial score (nSPS) is 25.2. The molecule has 2 aromatic heterocycles. The van der Waals surface area contributed by atoms with Crippen LogP contribution in [0.3, 0.4) is 0 Å². The number of nitrogens with one attached hydrogen (secondary N) is 1. The minimum absolute atomic E-state index is 0.0641. The predicted octanol–water partition coefficient (Wildman–Crippen LogP) is 0.461. The molecule has 2 saturated heterocycles. The van der Waals surface area contributed by atoms with E-state index in [1.807, 2.05) is 4.57 Å². The van der Waals surface area contributed by atoms with Gasteiger partial charge in [0.05, 0.1) is 12.2 Å². The van der Waals surface area contributed by atoms with Crippen LogP contribution in [-0.4, -0.2) is 68.6 Å². The number of hydrogen-bond acceptors (Lipinski definition) is 5. The summed E-state index contributed by atoms with van der Waals surface area (Å²) in [6.45, 7) is 4.37. The van der Waals surface area contributed by atoms with E-state index < -0.39 is 0 Å². The maximum absolute atomic E-state index is 12.3. The minimum Gasteiger partial charge on any atom is -0.306 e. The van der Waals surface area contributed by atoms with Crippen molar-refractivity contribution >= 4 is 11.2 Å². The lowest BCUT2D eigenvalue weighted by atomic mass is 10.0. The van der Waals surface area contributed by atoms with E-state index in [9.17, 15) is 4.79 Å². The van der Waals surface area contributed by atoms with E-state index in [0.29, 0.717) is 6.04 Å². The van der Waals surface area contributed by atoms with Crippen molar-refractivity contribution in [2.24, 2.45) is 0 Å². The van der Waals surface area contributed by atoms with Gasteiger partial charge < -0.3 is 9.88 Å². The standard InChI is InChI=1S/C15H22N6O/c1-19-5-2-11(3-6-19)20-7-4-12(9-20)21-14-13(18-15(21)22)8-16-10-17-14/h8,10-12H,2-7,9H2,1H3,(H,18,22). The van der Waals surface area contributed by atoms with Crippen LogP contribution in [0.1, 0.15) is 25.3 Å². The highest BCUT2D eigenvalue weighted by atomic mass is 16.1. The van der Waals surface area contributed by atoms with Gasteiger partial charge in [0.2, 0.25) is 0 Å². The number of likely N-dealkylation sites (tertiary alicyclic amines) is 2. The zero-order valence-electron chi connectivity index (χ0n) is 12.9. The Balaban J connectivity index is 1.55. The molecule has 0 aliphatic carbocycles. The molecular formula is C15H22N6O. The molecule has 118 valence electrons. The molecule has 7 nitrogen and oxygen atoms in total. The van der Waals surface area contributed by atoms with Gasteiger partial charge in [-0.25, -0.2) is 14.8 Å². The van der Waals surface area contributed by atoms with Gasteiger partial charge in [0.15, 0.2) is 5.65 Å². The van der Waals surface area contributed by atoms with E-state index >= 15 is 0 Å². The van der Waals surface area contributed by atoms with Crippen molar-refractivity contribution in [1.29, 1.82) is 0 Å². The molecule has 2 aliphatic heterocycles. The van der Waals surface area contributed by atoms with Crippen molar-refractivity contribution in [2.45, 2.75) is 31.3 Å². The molecule has 1 unspecified atom stereocenters. The molecule has 7 heteroatoms. The third kappa shape index (κ3) is 2.34. The highest BCUT2D eigenvalue weighted by Gasteiger charge is 2.32. The molecule has 22 heavy (non-hydrogen) atoms. The smallest absolute Gasteiger partial charge is 0.306 e. The van der Waals surface area contributed by atoms with Crippen LogP contribution in [0.15, 0.2) is 17.3 Å². The lowest BCUT2D eigenvalue weighted by molar-refractivity contribution is 0.140. The fraction of sp³-hybridized carbons (Fsp3) is 0.667. The zero-order chi connectivity index (χ0) is 15.1. The van der Waals surface area contributed by atoms with Gasteiger partial charge in [-0.15, -0.1) is 0 Å². The summed E-state index contributed by atoms with van der Waals surface area (Å²) in [7, 11) is 2.19. The molecule has 0 aromatic carbocycles. The summed E-state index contributed by atoms with van der Waals surface area (Å²) in [4.78, 5) is 28.4. The van der Waals surface area contributed by atoms with E-state index in [-0.39, 0.29) is 11.7 Å². The highest BCUT2D eigenvalue weighted by molar-refractivity contribution is 5.69. The number of hydrogen-bond donors (Lipinski definition) is 1. The molecule has 4 heterocycles. The molecule has 2 fully saturated rings. The average molecular weight is 302 g/mol. The van der Waals surface area contributed by atoms with Crippen LogP contribution in [0.25, 0.3) is 11.2 Å². The zero-order valence-corrected chi connectivity index (χ0v) is 12.9. The molecule has 0 radical (unpaired) electrons. The maximum atomic E-state index is 12.3. The van der Waals surface area contributed by atoms with E-state index in [0.717, 1.165) is 30.7 Å². The number of H-pyrrole nitrogens is 1. The number of fused-ring (bicyclic) bond motifs is 1. The second kappa shape index (κ2) is 5.48. The molecule has 1 N–H and O–H groups in total. The molecule has 2 aromatic rings. The highest BCUT2D eigenvalue weighted by Crippen LogP contribution is 2.27. The summed E-state index contributed by atoms with van der Waals surface area (Å²) in [5, 5.41) is 0. The predicted molar refractivity (Wildman–Crippen MR) is 83.9 cm³/mol. The van der Waals surface area contributed by atoms with Crippen molar-refractivity contribution < 1.29 is 0 Å². The molecular weight excluding hydrogens is 280 g/mol. The van der Waals surface area contributed by atoms with Gasteiger partial charge >= 0.3 is 5.69 Å². The molecule has 4 rings (SSSR count). The number of aromatic nitrogens is 4. The third-order valence-corrected chi connectivity index (χ3v) is 5.14. The summed E-state index contributed by atoms with van der Waals surface area (Å²) in [5.74, 6) is 0. The first-order valence-corrected chi connectivity index (χ1v) is 8.05. The Kier molecular flexibility index (Phi) is 3.46. The number of imidazole rings is 1. The van der Waals surface area contributed by atoms with Crippen molar-refractivity contribution in [1.82, 2.24) is 29.3 Å². The second-order valence-electron chi connectivity index (χ2n) is 6.53. The fourth-order valence-corrected chi connectivity index (χ4v) is 3.88. The van der Waals surface area contributed by atoms with Crippen LogP contribution in [-0.2, 0) is 0 Å². The van der Waals surface area contributed by atoms with E-state index in [4.69, 9.17) is 0 Å². The number of piperidine rings is 1. The molecule has 2 aliphatic rings. The second-order valence-corrected chi connectivity index (χ2v) is 6.53. The van der Waals surface area contributed by atoms with Crippen LogP contribution < -0.4 is 5.69 Å². The van der Waals surface area contributed by atoms with E-state index in [2.05, 4.69) is 31.8 Å². The Morgan fingerprint density at radius 1 is 1.18 bits per heavy atom. The SMILES string of the molecule is CN1CCC(N2CCC(n3c(=O)[nH]c4cncnc43)C2)CC1. The van der Waals surface area contributed by atoms with Crippen LogP contribution >= 0.6 is 0 Å². The summed E-state index contributed by atoms with van der Waals surface area (Å²) in [5.41, 5.74) is 1.39. The Morgan fingerprint density at radius 3 is 2.77 bits per heavy atom. The quantitative estimate of drug-likeness (QED) is 0.873. The number of nitrogens with zero attached hydrogens (tertiary/aromatic N) is 5. The van der Waals surface area contributed by atoms with Gasteiger partial charge in [-0.05, 0) is 39.4 Å². The summed E-state index contributed by atoms with van der Waals surface area (Å²) in [6, 6.07) is 0.882. The monoisotopic (exact) mass is 302 g/mol. The Labute approximate surface area is 129 Å². The molecule has 0 bridgehead atoms. The topological polar surface area (TPSA) is 70.0 Å². The summed E-state index contributed by atoms with van der Waals surface area (Å²) >= 11 is 0. The fourth-order valence-electron chi connectivity index (χ4n) is 3.88. The third-order valence-electron chi connectivity index (χ3n) is 5.14. The van der Waals surface area contributed by atoms with Crippen molar-refractivity contribution in [3.63, 3.8) is 0 Å². The molecule has 0 spiro atoms. The lowest BCUT2D eigenvalue weighted by Crippen LogP contribution is -2.42. The first-order chi connectivity index (χ1) is 10.7. The molecule has 0 saturated carbocycles. The van der Waals surface area contributed by atoms with Crippen molar-refractivity contribution in [3.05, 3.63) is 23.0 Å². The van der Waals surface area contributed by atoms with Crippen LogP contribution in [0.5, 0.6) is 0 Å². The Bertz CT molecular complexity index is 714. The van der Waals surface area contributed by atoms with E-state index in [1.165, 1.54) is 32.3 Å². The summed E-state index contributed by atoms with van der Waals surface area (Å²) in [6.07, 6.45) is 6.66. The van der Waals surface area contributed by atoms with Crippen LogP contribution in [0.4, 0.5) is 0 Å². The van der Waals surface area contributed by atoms with Gasteiger partial charge in [-0.3, -0.25) is 9.47 Å². The van der Waals surface area contributed by atoms with Gasteiger partial charge in [0.1, 0.15) is 11.8 Å². The van der Waals surface area contributed by atoms with Crippen LogP contribution in [0, 0.1) is 0 Å². The van der Waals surface area contributed by atoms with E-state index in [1.54, 1.807) is 6.20 Å². The first kappa shape index (κ1) is 13.9. The molecule has 1 atom stereocenters. The van der Waals surface area contributed by atoms with Crippen molar-refractivity contribution in [3.8, 4) is 0 Å². The first-order valence-electron chi connectivity index (χ1n) is 8.05. The number of aromatic amines is 1.